The van der Waals surface area contributed by atoms with E-state index in [0.29, 0.717) is 24.7 Å². The molecule has 0 radical (unpaired) electrons. The van der Waals surface area contributed by atoms with E-state index in [1.54, 1.807) is 17.4 Å². The fraction of sp³-hybridized carbons (Fsp3) is 0.150. The molecule has 1 heterocycles. The molecule has 0 atom stereocenters. The zero-order chi connectivity index (χ0) is 18.2. The van der Waals surface area contributed by atoms with Crippen molar-refractivity contribution in [2.24, 2.45) is 4.99 Å². The van der Waals surface area contributed by atoms with E-state index in [1.165, 1.54) is 0 Å². The highest BCUT2D eigenvalue weighted by molar-refractivity contribution is 7.09. The molecule has 0 aliphatic heterocycles. The van der Waals surface area contributed by atoms with Gasteiger partial charge in [0.05, 0.1) is 18.8 Å². The van der Waals surface area contributed by atoms with Gasteiger partial charge < -0.3 is 20.8 Å². The van der Waals surface area contributed by atoms with Gasteiger partial charge in [0, 0.05) is 11.4 Å². The number of phenolic OH excluding ortho intramolecular Hbond substituents is 1. The van der Waals surface area contributed by atoms with Gasteiger partial charge in [-0.05, 0) is 34.7 Å². The van der Waals surface area contributed by atoms with Gasteiger partial charge in [0.1, 0.15) is 5.75 Å². The van der Waals surface area contributed by atoms with E-state index in [-0.39, 0.29) is 12.4 Å². The Hall–Kier alpha value is -2.83. The lowest BCUT2D eigenvalue weighted by molar-refractivity contribution is 0.300. The summed E-state index contributed by atoms with van der Waals surface area (Å²) in [6.07, 6.45) is 0. The van der Waals surface area contributed by atoms with Crippen molar-refractivity contribution in [2.75, 3.05) is 18.5 Å². The minimum Gasteiger partial charge on any atom is -0.506 e. The first-order chi connectivity index (χ1) is 12.8. The summed E-state index contributed by atoms with van der Waals surface area (Å²) in [5.74, 6) is 0.646. The van der Waals surface area contributed by atoms with Crippen molar-refractivity contribution in [1.29, 1.82) is 0 Å². The molecule has 0 bridgehead atoms. The zero-order valence-corrected chi connectivity index (χ0v) is 15.0. The van der Waals surface area contributed by atoms with Crippen molar-refractivity contribution in [3.05, 3.63) is 70.9 Å². The molecule has 26 heavy (non-hydrogen) atoms. The van der Waals surface area contributed by atoms with Crippen LogP contribution in [-0.4, -0.2) is 29.3 Å². The van der Waals surface area contributed by atoms with Gasteiger partial charge in [0.2, 0.25) is 0 Å². The van der Waals surface area contributed by atoms with Crippen molar-refractivity contribution in [1.82, 2.24) is 5.32 Å². The van der Waals surface area contributed by atoms with Crippen molar-refractivity contribution < 1.29 is 10.2 Å². The Labute approximate surface area is 156 Å². The van der Waals surface area contributed by atoms with Gasteiger partial charge in [-0.3, -0.25) is 0 Å². The van der Waals surface area contributed by atoms with Crippen LogP contribution in [0.4, 0.5) is 5.69 Å². The van der Waals surface area contributed by atoms with Crippen LogP contribution >= 0.6 is 11.3 Å². The maximum absolute atomic E-state index is 10.2. The quantitative estimate of drug-likeness (QED) is 0.305. The van der Waals surface area contributed by atoms with Gasteiger partial charge in [-0.2, -0.15) is 0 Å². The minimum atomic E-state index is -0.00423. The number of benzene rings is 2. The van der Waals surface area contributed by atoms with Crippen LogP contribution in [0.2, 0.25) is 0 Å². The van der Waals surface area contributed by atoms with E-state index in [9.17, 15) is 5.11 Å². The molecule has 0 aliphatic rings. The average molecular weight is 367 g/mol. The molecule has 0 saturated heterocycles. The van der Waals surface area contributed by atoms with Gasteiger partial charge in [0.15, 0.2) is 5.96 Å². The molecule has 5 nitrogen and oxygen atoms in total. The molecular weight excluding hydrogens is 346 g/mol. The van der Waals surface area contributed by atoms with Gasteiger partial charge in [-0.15, -0.1) is 11.3 Å². The Morgan fingerprint density at radius 3 is 2.58 bits per heavy atom. The third-order valence-electron chi connectivity index (χ3n) is 3.73. The molecule has 0 spiro atoms. The first-order valence-corrected chi connectivity index (χ1v) is 9.21. The van der Waals surface area contributed by atoms with E-state index < -0.39 is 0 Å². The number of anilines is 1. The van der Waals surface area contributed by atoms with Gasteiger partial charge in [-0.25, -0.2) is 4.99 Å². The minimum absolute atomic E-state index is 0.00423. The van der Waals surface area contributed by atoms with Crippen LogP contribution in [0.3, 0.4) is 0 Å². The summed E-state index contributed by atoms with van der Waals surface area (Å²) < 4.78 is 0. The molecule has 6 heteroatoms. The largest absolute Gasteiger partial charge is 0.506 e. The second kappa shape index (κ2) is 9.03. The zero-order valence-electron chi connectivity index (χ0n) is 14.2. The van der Waals surface area contributed by atoms with Crippen LogP contribution in [-0.2, 0) is 6.54 Å². The molecule has 0 unspecified atom stereocenters. The topological polar surface area (TPSA) is 76.9 Å². The molecule has 2 aromatic carbocycles. The summed E-state index contributed by atoms with van der Waals surface area (Å²) in [6, 6.07) is 19.4. The van der Waals surface area contributed by atoms with Gasteiger partial charge >= 0.3 is 0 Å². The predicted molar refractivity (Wildman–Crippen MR) is 108 cm³/mol. The van der Waals surface area contributed by atoms with E-state index >= 15 is 0 Å². The molecule has 0 saturated carbocycles. The van der Waals surface area contributed by atoms with E-state index in [4.69, 9.17) is 5.11 Å². The third-order valence-corrected chi connectivity index (χ3v) is 4.60. The highest BCUT2D eigenvalue weighted by atomic mass is 32.1. The van der Waals surface area contributed by atoms with E-state index in [2.05, 4.69) is 15.6 Å². The van der Waals surface area contributed by atoms with Crippen LogP contribution in [0.1, 0.15) is 4.88 Å². The number of hydrogen-bond acceptors (Lipinski definition) is 4. The van der Waals surface area contributed by atoms with Crippen LogP contribution < -0.4 is 10.6 Å². The Bertz CT molecular complexity index is 849. The van der Waals surface area contributed by atoms with Crippen LogP contribution in [0.15, 0.2) is 71.0 Å². The Balaban J connectivity index is 1.82. The summed E-state index contributed by atoms with van der Waals surface area (Å²) in [6.45, 7) is 0.892. The number of nitrogens with one attached hydrogen (secondary N) is 2. The molecule has 0 fully saturated rings. The number of thiophene rings is 1. The molecule has 0 aliphatic carbocycles. The lowest BCUT2D eigenvalue weighted by atomic mass is 10.0. The predicted octanol–water partition coefficient (Wildman–Crippen LogP) is 3.67. The number of hydrogen-bond donors (Lipinski definition) is 4. The fourth-order valence-electron chi connectivity index (χ4n) is 2.45. The summed E-state index contributed by atoms with van der Waals surface area (Å²) in [4.78, 5) is 5.66. The van der Waals surface area contributed by atoms with Gasteiger partial charge in [-0.1, -0.05) is 42.5 Å². The number of aliphatic imine (C=N–C) groups is 1. The van der Waals surface area contributed by atoms with Crippen molar-refractivity contribution in [2.45, 2.75) is 6.54 Å². The summed E-state index contributed by atoms with van der Waals surface area (Å²) >= 11 is 1.64. The monoisotopic (exact) mass is 367 g/mol. The maximum Gasteiger partial charge on any atom is 0.196 e. The Kier molecular flexibility index (Phi) is 6.24. The number of aromatic hydroxyl groups is 1. The first-order valence-electron chi connectivity index (χ1n) is 8.33. The molecule has 134 valence electrons. The number of rotatable bonds is 6. The summed E-state index contributed by atoms with van der Waals surface area (Å²) in [5, 5.41) is 27.5. The van der Waals surface area contributed by atoms with Gasteiger partial charge in [0.25, 0.3) is 0 Å². The number of aliphatic hydroxyl groups is 1. The molecule has 4 N–H and O–H groups in total. The number of aliphatic hydroxyl groups excluding tert-OH is 1. The summed E-state index contributed by atoms with van der Waals surface area (Å²) in [7, 11) is 0. The van der Waals surface area contributed by atoms with Crippen molar-refractivity contribution in [3.8, 4) is 16.9 Å². The smallest absolute Gasteiger partial charge is 0.196 e. The third kappa shape index (κ3) is 4.84. The Morgan fingerprint density at radius 1 is 1.00 bits per heavy atom. The SMILES string of the molecule is OCCNC(=NCc1cccs1)Nc1cc(-c2ccccc2)ccc1O. The van der Waals surface area contributed by atoms with Crippen LogP contribution in [0.5, 0.6) is 5.75 Å². The van der Waals surface area contributed by atoms with E-state index in [0.717, 1.165) is 16.0 Å². The van der Waals surface area contributed by atoms with Crippen molar-refractivity contribution in [3.63, 3.8) is 0 Å². The molecular formula is C20H21N3O2S. The van der Waals surface area contributed by atoms with Crippen molar-refractivity contribution >= 4 is 23.0 Å². The molecule has 0 amide bonds. The highest BCUT2D eigenvalue weighted by Crippen LogP contribution is 2.29. The number of nitrogens with zero attached hydrogens (tertiary/aromatic N) is 1. The first kappa shape index (κ1) is 18.0. The summed E-state index contributed by atoms with van der Waals surface area (Å²) in [5.41, 5.74) is 2.61. The molecule has 3 aromatic rings. The second-order valence-corrected chi connectivity index (χ2v) is 6.65. The van der Waals surface area contributed by atoms with Crippen LogP contribution in [0.25, 0.3) is 11.1 Å². The lowest BCUT2D eigenvalue weighted by Crippen LogP contribution is -2.33. The lowest BCUT2D eigenvalue weighted by Gasteiger charge is -2.14. The average Bonchev–Trinajstić information content (AvgIpc) is 3.20. The normalized spacial score (nSPS) is 11.3. The molecule has 3 rings (SSSR count). The van der Waals surface area contributed by atoms with Crippen LogP contribution in [0, 0.1) is 0 Å². The number of guanidine groups is 1. The Morgan fingerprint density at radius 2 is 1.85 bits per heavy atom. The molecule has 1 aromatic heterocycles. The number of phenols is 1. The van der Waals surface area contributed by atoms with E-state index in [1.807, 2.05) is 60.0 Å². The maximum atomic E-state index is 10.2. The standard InChI is InChI=1S/C20H21N3O2S/c24-11-10-21-20(22-14-17-7-4-12-26-17)23-18-13-16(8-9-19(18)25)15-5-2-1-3-6-15/h1-9,12-13,24-25H,10-11,14H2,(H2,21,22,23). The highest BCUT2D eigenvalue weighted by Gasteiger charge is 2.07. The fourth-order valence-corrected chi connectivity index (χ4v) is 3.08. The second-order valence-electron chi connectivity index (χ2n) is 5.62.